The lowest BCUT2D eigenvalue weighted by Gasteiger charge is -1.96. The second-order valence-corrected chi connectivity index (χ2v) is 5.42. The van der Waals surface area contributed by atoms with Crippen molar-refractivity contribution in [3.05, 3.63) is 40.3 Å². The topological polar surface area (TPSA) is 61.0 Å². The largest absolute Gasteiger partial charge is 0.459 e. The summed E-state index contributed by atoms with van der Waals surface area (Å²) in [4.78, 5) is 16.9. The normalized spacial score (nSPS) is 20.2. The van der Waals surface area contributed by atoms with Gasteiger partial charge in [0, 0.05) is 18.9 Å². The SMILES string of the molecule is COCc1ccc(/C=C2\N=C(C3=CCCS3)OC2=O)o1. The van der Waals surface area contributed by atoms with E-state index in [1.807, 2.05) is 6.08 Å². The van der Waals surface area contributed by atoms with Crippen LogP contribution >= 0.6 is 11.8 Å². The number of hydrogen-bond acceptors (Lipinski definition) is 6. The number of aliphatic imine (C=N–C) groups is 1. The molecule has 20 heavy (non-hydrogen) atoms. The van der Waals surface area contributed by atoms with Gasteiger partial charge in [-0.3, -0.25) is 0 Å². The average molecular weight is 291 g/mol. The van der Waals surface area contributed by atoms with Gasteiger partial charge in [-0.25, -0.2) is 9.79 Å². The third-order valence-corrected chi connectivity index (χ3v) is 3.88. The molecule has 5 nitrogen and oxygen atoms in total. The molecule has 0 unspecified atom stereocenters. The minimum Gasteiger partial charge on any atom is -0.459 e. The van der Waals surface area contributed by atoms with Crippen molar-refractivity contribution in [2.24, 2.45) is 4.99 Å². The number of carbonyl (C=O) groups excluding carboxylic acids is 1. The highest BCUT2D eigenvalue weighted by Crippen LogP contribution is 2.30. The Kier molecular flexibility index (Phi) is 3.75. The van der Waals surface area contributed by atoms with E-state index in [4.69, 9.17) is 13.9 Å². The van der Waals surface area contributed by atoms with Crippen LogP contribution in [-0.4, -0.2) is 24.7 Å². The molecule has 0 spiro atoms. The van der Waals surface area contributed by atoms with E-state index in [9.17, 15) is 4.79 Å². The molecule has 0 saturated heterocycles. The van der Waals surface area contributed by atoms with Gasteiger partial charge in [0.15, 0.2) is 5.70 Å². The Hall–Kier alpha value is -1.79. The fourth-order valence-corrected chi connectivity index (χ4v) is 2.81. The number of esters is 1. The molecule has 3 heterocycles. The molecule has 1 aromatic heterocycles. The van der Waals surface area contributed by atoms with Crippen LogP contribution in [0.25, 0.3) is 6.08 Å². The average Bonchev–Trinajstić information content (AvgIpc) is 3.13. The van der Waals surface area contributed by atoms with Crippen LogP contribution in [0, 0.1) is 0 Å². The van der Waals surface area contributed by atoms with Crippen LogP contribution in [0.2, 0.25) is 0 Å². The molecule has 2 aliphatic heterocycles. The third kappa shape index (κ3) is 2.71. The number of allylic oxidation sites excluding steroid dienone is 1. The fourth-order valence-electron chi connectivity index (χ4n) is 1.91. The van der Waals surface area contributed by atoms with Crippen LogP contribution in [0.5, 0.6) is 0 Å². The van der Waals surface area contributed by atoms with Crippen molar-refractivity contribution in [3.8, 4) is 0 Å². The van der Waals surface area contributed by atoms with Crippen molar-refractivity contribution in [3.63, 3.8) is 0 Å². The van der Waals surface area contributed by atoms with Crippen LogP contribution in [0.3, 0.4) is 0 Å². The molecule has 0 saturated carbocycles. The van der Waals surface area contributed by atoms with E-state index in [0.717, 1.165) is 17.1 Å². The van der Waals surface area contributed by atoms with Gasteiger partial charge < -0.3 is 13.9 Å². The molecular weight excluding hydrogens is 278 g/mol. The Labute approximate surface area is 120 Å². The number of ether oxygens (including phenoxy) is 2. The molecule has 0 N–H and O–H groups in total. The van der Waals surface area contributed by atoms with Crippen molar-refractivity contribution < 1.29 is 18.7 Å². The second kappa shape index (κ2) is 5.68. The Bertz CT molecular complexity index is 627. The fraction of sp³-hybridized carbons (Fsp3) is 0.286. The van der Waals surface area contributed by atoms with Gasteiger partial charge in [0.2, 0.25) is 5.90 Å². The van der Waals surface area contributed by atoms with Crippen molar-refractivity contribution in [1.29, 1.82) is 0 Å². The van der Waals surface area contributed by atoms with Crippen LogP contribution < -0.4 is 0 Å². The zero-order chi connectivity index (χ0) is 13.9. The van der Waals surface area contributed by atoms with E-state index in [1.165, 1.54) is 0 Å². The molecule has 0 amide bonds. The molecule has 6 heteroatoms. The number of hydrogen-bond donors (Lipinski definition) is 0. The zero-order valence-electron chi connectivity index (χ0n) is 10.9. The molecule has 0 bridgehead atoms. The van der Waals surface area contributed by atoms with Crippen LogP contribution in [-0.2, 0) is 20.9 Å². The van der Waals surface area contributed by atoms with Gasteiger partial charge >= 0.3 is 5.97 Å². The predicted octanol–water partition coefficient (Wildman–Crippen LogP) is 2.74. The zero-order valence-corrected chi connectivity index (χ0v) is 11.7. The summed E-state index contributed by atoms with van der Waals surface area (Å²) in [5, 5.41) is 0. The summed E-state index contributed by atoms with van der Waals surface area (Å²) in [5.74, 6) is 2.21. The van der Waals surface area contributed by atoms with Gasteiger partial charge in [-0.15, -0.1) is 11.8 Å². The lowest BCUT2D eigenvalue weighted by molar-refractivity contribution is -0.129. The molecule has 2 aliphatic rings. The van der Waals surface area contributed by atoms with Gasteiger partial charge in [-0.1, -0.05) is 6.08 Å². The summed E-state index contributed by atoms with van der Waals surface area (Å²) in [6.07, 6.45) is 4.59. The second-order valence-electron chi connectivity index (χ2n) is 4.28. The number of furan rings is 1. The quantitative estimate of drug-likeness (QED) is 0.630. The lowest BCUT2D eigenvalue weighted by Crippen LogP contribution is -2.04. The summed E-state index contributed by atoms with van der Waals surface area (Å²) < 4.78 is 15.6. The molecule has 0 atom stereocenters. The first-order chi connectivity index (χ1) is 9.76. The smallest absolute Gasteiger partial charge is 0.363 e. The van der Waals surface area contributed by atoms with Gasteiger partial charge in [-0.2, -0.15) is 0 Å². The summed E-state index contributed by atoms with van der Waals surface area (Å²) in [5.41, 5.74) is 0.256. The first-order valence-electron chi connectivity index (χ1n) is 6.20. The maximum atomic E-state index is 11.8. The van der Waals surface area contributed by atoms with Gasteiger partial charge in [0.25, 0.3) is 0 Å². The molecule has 1 aromatic rings. The summed E-state index contributed by atoms with van der Waals surface area (Å²) in [6.45, 7) is 0.395. The minimum absolute atomic E-state index is 0.256. The van der Waals surface area contributed by atoms with Gasteiger partial charge in [0.1, 0.15) is 18.1 Å². The molecule has 3 rings (SSSR count). The summed E-state index contributed by atoms with van der Waals surface area (Å²) in [6, 6.07) is 3.57. The predicted molar refractivity (Wildman–Crippen MR) is 76.1 cm³/mol. The molecule has 104 valence electrons. The van der Waals surface area contributed by atoms with E-state index in [2.05, 4.69) is 4.99 Å². The minimum atomic E-state index is -0.446. The Morgan fingerprint density at radius 1 is 1.50 bits per heavy atom. The summed E-state index contributed by atoms with van der Waals surface area (Å²) in [7, 11) is 1.60. The van der Waals surface area contributed by atoms with E-state index in [1.54, 1.807) is 37.1 Å². The molecule has 0 radical (unpaired) electrons. The van der Waals surface area contributed by atoms with E-state index in [0.29, 0.717) is 24.0 Å². The Morgan fingerprint density at radius 3 is 3.15 bits per heavy atom. The van der Waals surface area contributed by atoms with Gasteiger partial charge in [-0.05, 0) is 18.6 Å². The first kappa shape index (κ1) is 13.2. The monoisotopic (exact) mass is 291 g/mol. The van der Waals surface area contributed by atoms with Crippen LogP contribution in [0.1, 0.15) is 17.9 Å². The highest BCUT2D eigenvalue weighted by atomic mass is 32.2. The van der Waals surface area contributed by atoms with Crippen LogP contribution in [0.15, 0.2) is 38.2 Å². The van der Waals surface area contributed by atoms with Crippen LogP contribution in [0.4, 0.5) is 0 Å². The standard InChI is InChI=1S/C14H13NO4S/c1-17-8-10-5-4-9(18-10)7-11-14(16)19-13(15-11)12-3-2-6-20-12/h3-5,7H,2,6,8H2,1H3/b11-7-. The van der Waals surface area contributed by atoms with Crippen molar-refractivity contribution in [2.75, 3.05) is 12.9 Å². The van der Waals surface area contributed by atoms with E-state index in [-0.39, 0.29) is 5.70 Å². The first-order valence-corrected chi connectivity index (χ1v) is 7.18. The van der Waals surface area contributed by atoms with Crippen molar-refractivity contribution in [1.82, 2.24) is 0 Å². The molecule has 0 aliphatic carbocycles. The Morgan fingerprint density at radius 2 is 2.40 bits per heavy atom. The maximum Gasteiger partial charge on any atom is 0.363 e. The highest BCUT2D eigenvalue weighted by Gasteiger charge is 2.27. The van der Waals surface area contributed by atoms with E-state index < -0.39 is 5.97 Å². The van der Waals surface area contributed by atoms with Crippen molar-refractivity contribution in [2.45, 2.75) is 13.0 Å². The molecule has 0 fully saturated rings. The van der Waals surface area contributed by atoms with Gasteiger partial charge in [0.05, 0.1) is 4.91 Å². The number of rotatable bonds is 4. The number of thioether (sulfide) groups is 1. The molecular formula is C14H13NO4S. The summed E-state index contributed by atoms with van der Waals surface area (Å²) >= 11 is 1.65. The highest BCUT2D eigenvalue weighted by molar-refractivity contribution is 8.04. The number of carbonyl (C=O) groups is 1. The number of methoxy groups -OCH3 is 1. The van der Waals surface area contributed by atoms with Crippen molar-refractivity contribution >= 4 is 29.7 Å². The maximum absolute atomic E-state index is 11.8. The number of cyclic esters (lactones) is 1. The third-order valence-electron chi connectivity index (χ3n) is 2.78. The Balaban J connectivity index is 1.81. The lowest BCUT2D eigenvalue weighted by atomic mass is 10.3. The molecule has 0 aromatic carbocycles. The number of nitrogens with zero attached hydrogens (tertiary/aromatic N) is 1. The van der Waals surface area contributed by atoms with E-state index >= 15 is 0 Å².